The first kappa shape index (κ1) is 29.8. The van der Waals surface area contributed by atoms with E-state index in [9.17, 15) is 26.7 Å². The lowest BCUT2D eigenvalue weighted by Gasteiger charge is -2.30. The van der Waals surface area contributed by atoms with Gasteiger partial charge in [0.25, 0.3) is 0 Å². The number of hydrogen-bond acceptors (Lipinski definition) is 3. The maximum absolute atomic E-state index is 14.8. The van der Waals surface area contributed by atoms with E-state index in [-0.39, 0.29) is 5.56 Å². The van der Waals surface area contributed by atoms with Gasteiger partial charge in [0.1, 0.15) is 11.6 Å². The number of carbonyl (C=O) groups is 1. The number of aromatic nitrogens is 1. The molecule has 214 valence electrons. The van der Waals surface area contributed by atoms with E-state index in [0.717, 1.165) is 17.7 Å². The molecule has 1 aromatic heterocycles. The zero-order chi connectivity index (χ0) is 29.6. The Labute approximate surface area is 238 Å². The number of pyridine rings is 1. The van der Waals surface area contributed by atoms with E-state index >= 15 is 0 Å². The molecule has 3 atom stereocenters. The van der Waals surface area contributed by atoms with Gasteiger partial charge in [-0.25, -0.2) is 9.18 Å². The fraction of sp³-hybridized carbons (Fsp3) is 0.200. The van der Waals surface area contributed by atoms with Crippen molar-refractivity contribution in [2.45, 2.75) is 37.5 Å². The molecule has 11 heteroatoms. The van der Waals surface area contributed by atoms with E-state index in [2.05, 4.69) is 20.4 Å². The topological polar surface area (TPSA) is 63.2 Å². The first-order chi connectivity index (χ1) is 19.5. The Morgan fingerprint density at radius 1 is 0.878 bits per heavy atom. The van der Waals surface area contributed by atoms with Crippen LogP contribution in [0.15, 0.2) is 97.2 Å². The number of alkyl halides is 4. The van der Waals surface area contributed by atoms with Crippen LogP contribution in [-0.2, 0) is 0 Å². The highest BCUT2D eigenvalue weighted by Crippen LogP contribution is 2.39. The molecule has 2 N–H and O–H groups in total. The molecule has 2 amide bonds. The van der Waals surface area contributed by atoms with Crippen molar-refractivity contribution in [3.8, 4) is 5.75 Å². The lowest BCUT2D eigenvalue weighted by atomic mass is 9.84. The molecule has 0 spiro atoms. The predicted octanol–water partition coefficient (Wildman–Crippen LogP) is 8.04. The van der Waals surface area contributed by atoms with Crippen molar-refractivity contribution in [3.63, 3.8) is 0 Å². The molecule has 0 aliphatic carbocycles. The van der Waals surface area contributed by atoms with Crippen molar-refractivity contribution in [1.29, 1.82) is 0 Å². The highest BCUT2D eigenvalue weighted by molar-refractivity contribution is 6.30. The first-order valence-electron chi connectivity index (χ1n) is 12.5. The van der Waals surface area contributed by atoms with Crippen LogP contribution in [0.2, 0.25) is 5.02 Å². The molecule has 3 aromatic carbocycles. The number of carbonyl (C=O) groups excluding carboxylic acids is 1. The molecule has 0 aliphatic rings. The smallest absolute Gasteiger partial charge is 0.428 e. The Balaban J connectivity index is 1.79. The van der Waals surface area contributed by atoms with Gasteiger partial charge >= 0.3 is 18.6 Å². The molecule has 0 saturated carbocycles. The van der Waals surface area contributed by atoms with Crippen LogP contribution in [0.5, 0.6) is 5.75 Å². The predicted molar refractivity (Wildman–Crippen MR) is 145 cm³/mol. The lowest BCUT2D eigenvalue weighted by molar-refractivity contribution is -0.253. The number of halogens is 6. The molecular weight excluding hydrogens is 565 g/mol. The van der Waals surface area contributed by atoms with E-state index in [0.29, 0.717) is 22.3 Å². The van der Waals surface area contributed by atoms with Gasteiger partial charge in [-0.3, -0.25) is 4.98 Å². The van der Waals surface area contributed by atoms with Crippen LogP contribution in [-0.4, -0.2) is 23.5 Å². The van der Waals surface area contributed by atoms with Gasteiger partial charge in [-0.2, -0.15) is 17.6 Å². The summed E-state index contributed by atoms with van der Waals surface area (Å²) in [5.74, 6) is -2.68. The molecular formula is C30H25ClF5N3O2. The number of benzene rings is 3. The van der Waals surface area contributed by atoms with Crippen LogP contribution < -0.4 is 15.4 Å². The third kappa shape index (κ3) is 7.73. The number of nitrogens with one attached hydrogen (secondary N) is 2. The highest BCUT2D eigenvalue weighted by Gasteiger charge is 2.44. The second-order valence-electron chi connectivity index (χ2n) is 9.20. The molecule has 0 bridgehead atoms. The minimum absolute atomic E-state index is 0.0295. The Hall–Kier alpha value is -4.18. The summed E-state index contributed by atoms with van der Waals surface area (Å²) in [6, 6.07) is 21.4. The summed E-state index contributed by atoms with van der Waals surface area (Å²) in [5.41, 5.74) is 1.83. The Morgan fingerprint density at radius 2 is 1.51 bits per heavy atom. The van der Waals surface area contributed by atoms with Crippen molar-refractivity contribution >= 4 is 17.6 Å². The largest absolute Gasteiger partial charge is 0.461 e. The summed E-state index contributed by atoms with van der Waals surface area (Å²) < 4.78 is 72.1. The molecule has 1 heterocycles. The summed E-state index contributed by atoms with van der Waals surface area (Å²) in [4.78, 5) is 17.7. The Morgan fingerprint density at radius 3 is 2.10 bits per heavy atom. The van der Waals surface area contributed by atoms with Crippen LogP contribution in [0.1, 0.15) is 47.3 Å². The number of nitrogens with zero attached hydrogens (tertiary/aromatic N) is 1. The van der Waals surface area contributed by atoms with Crippen LogP contribution >= 0.6 is 11.6 Å². The number of rotatable bonds is 10. The minimum atomic E-state index is -4.87. The normalized spacial score (nSPS) is 13.8. The fourth-order valence-electron chi connectivity index (χ4n) is 4.35. The molecule has 0 fully saturated rings. The standard InChI is InChI=1S/C30H25ClF5N3O2/c1-18(19-8-4-2-5-9-19)38-29(40)39-27(21-14-23(32)16-24(15-21)41-30(35,36)28(33)34)26(20-10-6-3-7-11-20)25-13-12-22(31)17-37-25/h2-18,26-28H,1H3,(H2,38,39,40)/t18-,26?,27+/m0/s1. The second-order valence-corrected chi connectivity index (χ2v) is 9.64. The minimum Gasteiger partial charge on any atom is -0.428 e. The van der Waals surface area contributed by atoms with Gasteiger partial charge in [0, 0.05) is 12.3 Å². The zero-order valence-corrected chi connectivity index (χ0v) is 22.3. The number of urea groups is 1. The lowest BCUT2D eigenvalue weighted by Crippen LogP contribution is -2.41. The highest BCUT2D eigenvalue weighted by atomic mass is 35.5. The van der Waals surface area contributed by atoms with Crippen molar-refractivity contribution in [1.82, 2.24) is 15.6 Å². The van der Waals surface area contributed by atoms with Crippen LogP contribution in [0.25, 0.3) is 0 Å². The van der Waals surface area contributed by atoms with Crippen molar-refractivity contribution in [2.75, 3.05) is 0 Å². The van der Waals surface area contributed by atoms with Crippen LogP contribution in [0, 0.1) is 5.82 Å². The van der Waals surface area contributed by atoms with E-state index in [1.807, 2.05) is 30.3 Å². The van der Waals surface area contributed by atoms with Gasteiger partial charge in [-0.05, 0) is 47.9 Å². The van der Waals surface area contributed by atoms with Gasteiger partial charge in [0.15, 0.2) is 0 Å². The average molecular weight is 590 g/mol. The number of ether oxygens (including phenoxy) is 1. The maximum Gasteiger partial charge on any atom is 0.461 e. The van der Waals surface area contributed by atoms with Crippen molar-refractivity contribution in [3.05, 3.63) is 130 Å². The van der Waals surface area contributed by atoms with Gasteiger partial charge in [0.2, 0.25) is 0 Å². The van der Waals surface area contributed by atoms with Gasteiger partial charge in [-0.15, -0.1) is 0 Å². The van der Waals surface area contributed by atoms with Gasteiger partial charge in [-0.1, -0.05) is 72.3 Å². The number of amides is 2. The quantitative estimate of drug-likeness (QED) is 0.184. The Kier molecular flexibility index (Phi) is 9.44. The molecule has 4 aromatic rings. The molecule has 0 radical (unpaired) electrons. The average Bonchev–Trinajstić information content (AvgIpc) is 2.94. The Bertz CT molecular complexity index is 1440. The van der Waals surface area contributed by atoms with Crippen molar-refractivity contribution < 1.29 is 31.5 Å². The first-order valence-corrected chi connectivity index (χ1v) is 12.8. The zero-order valence-electron chi connectivity index (χ0n) is 21.6. The SMILES string of the molecule is C[C@H](NC(=O)N[C@H](c1cc(F)cc(OC(F)(F)C(F)F)c1)C(c1ccccc1)c1ccc(Cl)cn1)c1ccccc1. The van der Waals surface area contributed by atoms with E-state index in [4.69, 9.17) is 11.6 Å². The van der Waals surface area contributed by atoms with Crippen LogP contribution in [0.4, 0.5) is 26.7 Å². The summed E-state index contributed by atoms with van der Waals surface area (Å²) in [7, 11) is 0. The summed E-state index contributed by atoms with van der Waals surface area (Å²) >= 11 is 6.05. The monoisotopic (exact) mass is 589 g/mol. The fourth-order valence-corrected chi connectivity index (χ4v) is 4.47. The molecule has 1 unspecified atom stereocenters. The molecule has 5 nitrogen and oxygen atoms in total. The third-order valence-corrected chi connectivity index (χ3v) is 6.48. The van der Waals surface area contributed by atoms with E-state index < -0.39 is 48.1 Å². The number of hydrogen-bond donors (Lipinski definition) is 2. The third-order valence-electron chi connectivity index (χ3n) is 6.26. The van der Waals surface area contributed by atoms with Gasteiger partial charge in [0.05, 0.1) is 28.7 Å². The molecule has 0 saturated heterocycles. The van der Waals surface area contributed by atoms with Crippen molar-refractivity contribution in [2.24, 2.45) is 0 Å². The summed E-state index contributed by atoms with van der Waals surface area (Å²) in [5, 5.41) is 5.96. The maximum atomic E-state index is 14.8. The summed E-state index contributed by atoms with van der Waals surface area (Å²) in [6.45, 7) is 1.76. The summed E-state index contributed by atoms with van der Waals surface area (Å²) in [6.07, 6.45) is -7.62. The van der Waals surface area contributed by atoms with E-state index in [1.165, 1.54) is 6.20 Å². The van der Waals surface area contributed by atoms with Gasteiger partial charge < -0.3 is 15.4 Å². The second kappa shape index (κ2) is 13.0. The van der Waals surface area contributed by atoms with Crippen LogP contribution in [0.3, 0.4) is 0 Å². The molecule has 4 rings (SSSR count). The molecule has 41 heavy (non-hydrogen) atoms. The van der Waals surface area contributed by atoms with E-state index in [1.54, 1.807) is 49.4 Å². The molecule has 0 aliphatic heterocycles.